The van der Waals surface area contributed by atoms with Gasteiger partial charge in [-0.15, -0.1) is 0 Å². The van der Waals surface area contributed by atoms with Crippen molar-refractivity contribution in [3.63, 3.8) is 0 Å². The monoisotopic (exact) mass is 487 g/mol. The van der Waals surface area contributed by atoms with Gasteiger partial charge < -0.3 is 23.9 Å². The number of carbonyl (C=O) groups excluding carboxylic acids is 1. The fraction of sp³-hybridized carbons (Fsp3) is 0.241. The van der Waals surface area contributed by atoms with Gasteiger partial charge in [0.05, 0.1) is 19.6 Å². The zero-order valence-corrected chi connectivity index (χ0v) is 21.1. The number of anilines is 1. The van der Waals surface area contributed by atoms with E-state index in [2.05, 4.69) is 12.2 Å². The molecule has 7 nitrogen and oxygen atoms in total. The van der Waals surface area contributed by atoms with Gasteiger partial charge in [0, 0.05) is 11.3 Å². The number of aryl methyl sites for hydroxylation is 3. The quantitative estimate of drug-likeness (QED) is 0.344. The molecule has 1 heterocycles. The molecule has 0 saturated carbocycles. The van der Waals surface area contributed by atoms with Crippen LogP contribution in [-0.2, 0) is 11.2 Å². The molecule has 0 atom stereocenters. The van der Waals surface area contributed by atoms with Crippen LogP contribution in [0.3, 0.4) is 0 Å². The second-order valence-electron chi connectivity index (χ2n) is 8.51. The lowest BCUT2D eigenvalue weighted by molar-refractivity contribution is -0.118. The van der Waals surface area contributed by atoms with E-state index < -0.39 is 5.91 Å². The zero-order chi connectivity index (χ0) is 25.8. The van der Waals surface area contributed by atoms with Crippen LogP contribution < -0.4 is 25.0 Å². The molecular weight excluding hydrogens is 458 g/mol. The minimum Gasteiger partial charge on any atom is -0.493 e. The van der Waals surface area contributed by atoms with Crippen molar-refractivity contribution >= 4 is 22.6 Å². The second-order valence-corrected chi connectivity index (χ2v) is 8.51. The molecule has 0 unspecified atom stereocenters. The molecule has 4 rings (SSSR count). The molecule has 0 bridgehead atoms. The number of nitrogens with one attached hydrogen (secondary N) is 1. The summed E-state index contributed by atoms with van der Waals surface area (Å²) in [4.78, 5) is 26.2. The molecule has 1 amide bonds. The Balaban J connectivity index is 1.74. The minimum atomic E-state index is -0.391. The number of ether oxygens (including phenoxy) is 3. The number of hydrogen-bond donors (Lipinski definition) is 1. The number of rotatable bonds is 8. The van der Waals surface area contributed by atoms with Crippen LogP contribution in [0.1, 0.15) is 23.6 Å². The Bertz CT molecular complexity index is 1470. The number of carbonyl (C=O) groups is 1. The lowest BCUT2D eigenvalue weighted by atomic mass is 10.0. The van der Waals surface area contributed by atoms with E-state index in [1.54, 1.807) is 31.4 Å². The van der Waals surface area contributed by atoms with Crippen molar-refractivity contribution in [2.45, 2.75) is 27.2 Å². The number of benzene rings is 3. The summed E-state index contributed by atoms with van der Waals surface area (Å²) in [5.41, 5.74) is 4.23. The molecule has 4 aromatic rings. The molecule has 0 aliphatic heterocycles. The van der Waals surface area contributed by atoms with E-state index in [1.807, 2.05) is 44.2 Å². The number of methoxy groups -OCH3 is 2. The van der Waals surface area contributed by atoms with Gasteiger partial charge in [0.25, 0.3) is 5.91 Å². The van der Waals surface area contributed by atoms with Crippen LogP contribution in [0, 0.1) is 13.8 Å². The summed E-state index contributed by atoms with van der Waals surface area (Å²) < 4.78 is 22.8. The third-order valence-electron chi connectivity index (χ3n) is 5.92. The highest BCUT2D eigenvalue weighted by atomic mass is 16.5. The average molecular weight is 488 g/mol. The number of fused-ring (bicyclic) bond motifs is 1. The fourth-order valence-electron chi connectivity index (χ4n) is 4.09. The van der Waals surface area contributed by atoms with Gasteiger partial charge >= 0.3 is 0 Å². The van der Waals surface area contributed by atoms with Crippen LogP contribution in [0.15, 0.2) is 63.8 Å². The van der Waals surface area contributed by atoms with E-state index in [0.29, 0.717) is 33.7 Å². The first-order chi connectivity index (χ1) is 17.3. The summed E-state index contributed by atoms with van der Waals surface area (Å²) in [7, 11) is 3.07. The first-order valence-electron chi connectivity index (χ1n) is 11.7. The standard InChI is InChI=1S/C29H29NO6/c1-6-19-7-10-21(11-8-19)30-25(31)16-35-29-26(32)22-14-17(2)13-18(3)27(22)36-28(29)20-9-12-23(33-4)24(15-20)34-5/h7-15H,6,16H2,1-5H3,(H,30,31). The predicted molar refractivity (Wildman–Crippen MR) is 140 cm³/mol. The molecule has 0 radical (unpaired) electrons. The SMILES string of the molecule is CCc1ccc(NC(=O)COc2c(-c3ccc(OC)c(OC)c3)oc3c(C)cc(C)cc3c2=O)cc1. The summed E-state index contributed by atoms with van der Waals surface area (Å²) in [5, 5.41) is 3.19. The van der Waals surface area contributed by atoms with Crippen LogP contribution in [0.2, 0.25) is 0 Å². The highest BCUT2D eigenvalue weighted by molar-refractivity contribution is 5.92. The van der Waals surface area contributed by atoms with Crippen molar-refractivity contribution in [1.82, 2.24) is 0 Å². The van der Waals surface area contributed by atoms with Gasteiger partial charge in [-0.05, 0) is 73.4 Å². The minimum absolute atomic E-state index is 0.0452. The van der Waals surface area contributed by atoms with Crippen LogP contribution in [0.5, 0.6) is 17.2 Å². The molecule has 186 valence electrons. The molecule has 0 aliphatic carbocycles. The van der Waals surface area contributed by atoms with Gasteiger partial charge in [0.2, 0.25) is 11.2 Å². The van der Waals surface area contributed by atoms with Crippen molar-refractivity contribution in [2.24, 2.45) is 0 Å². The third-order valence-corrected chi connectivity index (χ3v) is 5.92. The maximum Gasteiger partial charge on any atom is 0.262 e. The molecule has 0 saturated heterocycles. The van der Waals surface area contributed by atoms with E-state index in [4.69, 9.17) is 18.6 Å². The Morgan fingerprint density at radius 3 is 2.33 bits per heavy atom. The van der Waals surface area contributed by atoms with Crippen LogP contribution in [-0.4, -0.2) is 26.7 Å². The summed E-state index contributed by atoms with van der Waals surface area (Å²) in [6, 6.07) is 16.4. The third kappa shape index (κ3) is 5.05. The summed E-state index contributed by atoms with van der Waals surface area (Å²) in [5.74, 6) is 0.777. The number of amides is 1. The van der Waals surface area contributed by atoms with Crippen molar-refractivity contribution in [3.8, 4) is 28.6 Å². The molecule has 3 aromatic carbocycles. The average Bonchev–Trinajstić information content (AvgIpc) is 2.88. The van der Waals surface area contributed by atoms with Gasteiger partial charge in [-0.25, -0.2) is 0 Å². The molecule has 36 heavy (non-hydrogen) atoms. The first-order valence-corrected chi connectivity index (χ1v) is 11.7. The van der Waals surface area contributed by atoms with Crippen molar-refractivity contribution in [1.29, 1.82) is 0 Å². The molecule has 1 aromatic heterocycles. The fourth-order valence-corrected chi connectivity index (χ4v) is 4.09. The molecule has 7 heteroatoms. The van der Waals surface area contributed by atoms with Crippen LogP contribution in [0.4, 0.5) is 5.69 Å². The van der Waals surface area contributed by atoms with Gasteiger partial charge in [-0.1, -0.05) is 25.1 Å². The highest BCUT2D eigenvalue weighted by Crippen LogP contribution is 2.37. The maximum atomic E-state index is 13.6. The smallest absolute Gasteiger partial charge is 0.262 e. The summed E-state index contributed by atoms with van der Waals surface area (Å²) in [6.07, 6.45) is 0.910. The molecule has 0 aliphatic rings. The van der Waals surface area contributed by atoms with Gasteiger partial charge in [-0.2, -0.15) is 0 Å². The summed E-state index contributed by atoms with van der Waals surface area (Å²) in [6.45, 7) is 5.49. The van der Waals surface area contributed by atoms with Crippen molar-refractivity contribution in [2.75, 3.05) is 26.1 Å². The van der Waals surface area contributed by atoms with E-state index in [0.717, 1.165) is 17.5 Å². The van der Waals surface area contributed by atoms with E-state index in [9.17, 15) is 9.59 Å². The predicted octanol–water partition coefficient (Wildman–Crippen LogP) is 5.67. The first kappa shape index (κ1) is 24.9. The Hall–Kier alpha value is -4.26. The lowest BCUT2D eigenvalue weighted by Gasteiger charge is -2.15. The molecule has 1 N–H and O–H groups in total. The highest BCUT2D eigenvalue weighted by Gasteiger charge is 2.21. The zero-order valence-electron chi connectivity index (χ0n) is 21.1. The van der Waals surface area contributed by atoms with Crippen LogP contribution >= 0.6 is 0 Å². The van der Waals surface area contributed by atoms with E-state index in [1.165, 1.54) is 12.7 Å². The molecular formula is C29H29NO6. The molecule has 0 fully saturated rings. The van der Waals surface area contributed by atoms with Gasteiger partial charge in [0.15, 0.2) is 23.9 Å². The van der Waals surface area contributed by atoms with Crippen molar-refractivity contribution < 1.29 is 23.4 Å². The van der Waals surface area contributed by atoms with Gasteiger partial charge in [0.1, 0.15) is 5.58 Å². The Labute approximate surface area is 209 Å². The Morgan fingerprint density at radius 1 is 0.944 bits per heavy atom. The Morgan fingerprint density at radius 2 is 1.67 bits per heavy atom. The van der Waals surface area contributed by atoms with Crippen molar-refractivity contribution in [3.05, 3.63) is 81.5 Å². The normalized spacial score (nSPS) is 10.8. The van der Waals surface area contributed by atoms with Crippen LogP contribution in [0.25, 0.3) is 22.3 Å². The van der Waals surface area contributed by atoms with E-state index in [-0.39, 0.29) is 23.5 Å². The molecule has 0 spiro atoms. The topological polar surface area (TPSA) is 87.0 Å². The summed E-state index contributed by atoms with van der Waals surface area (Å²) >= 11 is 0. The number of hydrogen-bond acceptors (Lipinski definition) is 6. The van der Waals surface area contributed by atoms with Gasteiger partial charge in [-0.3, -0.25) is 9.59 Å². The maximum absolute atomic E-state index is 13.6. The largest absolute Gasteiger partial charge is 0.493 e. The lowest BCUT2D eigenvalue weighted by Crippen LogP contribution is -2.22. The Kier molecular flexibility index (Phi) is 7.29. The van der Waals surface area contributed by atoms with E-state index >= 15 is 0 Å². The second kappa shape index (κ2) is 10.6.